The fourth-order valence-electron chi connectivity index (χ4n) is 6.55. The average Bonchev–Trinajstić information content (AvgIpc) is 3.50. The predicted octanol–water partition coefficient (Wildman–Crippen LogP) is 12.0. The van der Waals surface area contributed by atoms with E-state index in [1.54, 1.807) is 0 Å². The third kappa shape index (κ3) is 8.75. The average molecular weight is 822 g/mol. The summed E-state index contributed by atoms with van der Waals surface area (Å²) >= 11 is 3.49. The summed E-state index contributed by atoms with van der Waals surface area (Å²) in [6.07, 6.45) is 0. The number of hydrogen-bond donors (Lipinski definition) is 0. The van der Waals surface area contributed by atoms with Crippen LogP contribution in [0.25, 0.3) is 67.8 Å². The van der Waals surface area contributed by atoms with E-state index in [4.69, 9.17) is 29.2 Å². The van der Waals surface area contributed by atoms with Gasteiger partial charge in [0.05, 0.1) is 34.0 Å². The second-order valence-electron chi connectivity index (χ2n) is 15.1. The van der Waals surface area contributed by atoms with Gasteiger partial charge in [0.1, 0.15) is 0 Å². The largest absolute Gasteiger partial charge is 0.494 e. The molecule has 284 valence electrons. The molecule has 0 aliphatic carbocycles. The molecule has 0 spiro atoms. The summed E-state index contributed by atoms with van der Waals surface area (Å²) in [4.78, 5) is 19.4. The maximum absolute atomic E-state index is 6.20. The van der Waals surface area contributed by atoms with E-state index in [1.165, 1.54) is 0 Å². The molecule has 58 heavy (non-hydrogen) atoms. The monoisotopic (exact) mass is 820 g/mol. The number of aromatic nitrogens is 4. The van der Waals surface area contributed by atoms with E-state index in [9.17, 15) is 0 Å². The van der Waals surface area contributed by atoms with E-state index in [1.807, 2.05) is 121 Å². The minimum Gasteiger partial charge on any atom is -0.399 e. The zero-order chi connectivity index (χ0) is 40.1. The predicted molar refractivity (Wildman–Crippen MR) is 240 cm³/mol. The van der Waals surface area contributed by atoms with Crippen molar-refractivity contribution in [3.63, 3.8) is 0 Å². The number of nitrogens with zero attached hydrogens (tertiary/aromatic N) is 4. The van der Waals surface area contributed by atoms with Crippen molar-refractivity contribution < 1.29 is 9.31 Å². The molecule has 0 amide bonds. The van der Waals surface area contributed by atoms with Gasteiger partial charge < -0.3 is 9.31 Å². The third-order valence-corrected chi connectivity index (χ3v) is 11.1. The molecule has 8 aromatic rings. The van der Waals surface area contributed by atoms with Gasteiger partial charge in [-0.3, -0.25) is 0 Å². The molecule has 1 aliphatic rings. The molecule has 3 heterocycles. The molecular weight excluding hydrogens is 779 g/mol. The minimum atomic E-state index is -0.380. The van der Waals surface area contributed by atoms with E-state index in [0.717, 1.165) is 71.9 Å². The van der Waals surface area contributed by atoms with Gasteiger partial charge in [0, 0.05) is 37.9 Å². The summed E-state index contributed by atoms with van der Waals surface area (Å²) in [6.45, 7) is 8.27. The van der Waals surface area contributed by atoms with Crippen LogP contribution in [-0.2, 0) is 9.31 Å². The summed E-state index contributed by atoms with van der Waals surface area (Å²) in [6, 6.07) is 61.1. The molecule has 0 unspecified atom stereocenters. The highest BCUT2D eigenvalue weighted by Crippen LogP contribution is 2.37. The van der Waals surface area contributed by atoms with Crippen molar-refractivity contribution in [1.29, 1.82) is 0 Å². The molecule has 0 N–H and O–H groups in total. The second kappa shape index (κ2) is 16.8. The van der Waals surface area contributed by atoms with Gasteiger partial charge in [-0.05, 0) is 57.4 Å². The number of rotatable bonds is 7. The van der Waals surface area contributed by atoms with Crippen LogP contribution in [0.2, 0.25) is 0 Å². The first kappa shape index (κ1) is 38.8. The lowest BCUT2D eigenvalue weighted by Gasteiger charge is -2.32. The van der Waals surface area contributed by atoms with Crippen molar-refractivity contribution >= 4 is 28.5 Å². The first-order chi connectivity index (χ1) is 28.1. The molecule has 6 aromatic carbocycles. The van der Waals surface area contributed by atoms with Crippen molar-refractivity contribution in [2.75, 3.05) is 0 Å². The Labute approximate surface area is 349 Å². The van der Waals surface area contributed by atoms with Crippen LogP contribution in [0.4, 0.5) is 0 Å². The summed E-state index contributed by atoms with van der Waals surface area (Å²) in [5.41, 5.74) is 10.1. The van der Waals surface area contributed by atoms with Crippen LogP contribution >= 0.6 is 15.9 Å². The van der Waals surface area contributed by atoms with Crippen LogP contribution < -0.4 is 5.46 Å². The van der Waals surface area contributed by atoms with E-state index in [0.29, 0.717) is 5.82 Å². The Morgan fingerprint density at radius 3 is 1.02 bits per heavy atom. The molecular formula is C50H42BBrN4O2. The topological polar surface area (TPSA) is 70.0 Å². The summed E-state index contributed by atoms with van der Waals surface area (Å²) < 4.78 is 13.5. The van der Waals surface area contributed by atoms with E-state index in [-0.39, 0.29) is 18.3 Å². The molecule has 0 saturated carbocycles. The first-order valence-corrected chi connectivity index (χ1v) is 20.1. The maximum Gasteiger partial charge on any atom is 0.494 e. The normalized spacial score (nSPS) is 14.1. The molecule has 8 heteroatoms. The summed E-state index contributed by atoms with van der Waals surface area (Å²) in [7, 11) is -0.380. The molecule has 1 saturated heterocycles. The summed E-state index contributed by atoms with van der Waals surface area (Å²) in [5, 5.41) is 0. The molecule has 6 nitrogen and oxygen atoms in total. The molecule has 0 atom stereocenters. The maximum atomic E-state index is 6.20. The van der Waals surface area contributed by atoms with Crippen molar-refractivity contribution in [1.82, 2.24) is 19.9 Å². The molecule has 1 fully saturated rings. The second-order valence-corrected chi connectivity index (χ2v) is 16.0. The van der Waals surface area contributed by atoms with Gasteiger partial charge in [-0.1, -0.05) is 174 Å². The van der Waals surface area contributed by atoms with Crippen LogP contribution in [0.15, 0.2) is 186 Å². The van der Waals surface area contributed by atoms with E-state index < -0.39 is 0 Å². The highest BCUT2D eigenvalue weighted by molar-refractivity contribution is 9.10. The van der Waals surface area contributed by atoms with Crippen LogP contribution in [0.1, 0.15) is 27.7 Å². The highest BCUT2D eigenvalue weighted by Gasteiger charge is 2.51. The number of halogens is 1. The SMILES string of the molecule is Brc1ccc(-c2cc(-c3ccccc3)nc(-c3ccccc3)n2)cc1.CC1(C)OB(c2ccc(-c3cc(-c4ccccc4)nc(-c4ccccc4)n3)cc2)OC1(C)C. The molecule has 2 aromatic heterocycles. The standard InChI is InChI=1S/C28H27BN2O2.C22H15BrN2/c1-27(2)28(3,4)33-29(32-27)23-17-15-21(16-18-23)25-19-24(20-11-7-5-8-12-20)30-26(31-25)22-13-9-6-10-14-22;23-19-13-11-17(12-14-19)21-15-20(16-7-3-1-4-8-16)24-22(25-21)18-9-5-2-6-10-18/h5-19H,1-4H3;1-15H. The van der Waals surface area contributed by atoms with Gasteiger partial charge in [0.25, 0.3) is 0 Å². The smallest absolute Gasteiger partial charge is 0.399 e. The van der Waals surface area contributed by atoms with Gasteiger partial charge >= 0.3 is 7.12 Å². The van der Waals surface area contributed by atoms with Crippen LogP contribution in [-0.4, -0.2) is 38.3 Å². The molecule has 1 aliphatic heterocycles. The number of hydrogen-bond acceptors (Lipinski definition) is 6. The minimum absolute atomic E-state index is 0.363. The number of benzene rings is 6. The van der Waals surface area contributed by atoms with E-state index in [2.05, 4.69) is 104 Å². The Kier molecular flexibility index (Phi) is 11.2. The first-order valence-electron chi connectivity index (χ1n) is 19.3. The van der Waals surface area contributed by atoms with Crippen molar-refractivity contribution in [2.24, 2.45) is 0 Å². The zero-order valence-electron chi connectivity index (χ0n) is 32.9. The fraction of sp³-hybridized carbons (Fsp3) is 0.120. The van der Waals surface area contributed by atoms with E-state index >= 15 is 0 Å². The Hall–Kier alpha value is -6.06. The zero-order valence-corrected chi connectivity index (χ0v) is 34.5. The Bertz CT molecular complexity index is 2480. The van der Waals surface area contributed by atoms with Crippen molar-refractivity contribution in [2.45, 2.75) is 38.9 Å². The lowest BCUT2D eigenvalue weighted by atomic mass is 9.79. The highest BCUT2D eigenvalue weighted by atomic mass is 79.9. The van der Waals surface area contributed by atoms with Crippen LogP contribution in [0.5, 0.6) is 0 Å². The van der Waals surface area contributed by atoms with Crippen molar-refractivity contribution in [3.05, 3.63) is 186 Å². The van der Waals surface area contributed by atoms with Gasteiger partial charge in [0.2, 0.25) is 0 Å². The van der Waals surface area contributed by atoms with Crippen molar-refractivity contribution in [3.8, 4) is 67.8 Å². The lowest BCUT2D eigenvalue weighted by Crippen LogP contribution is -2.41. The summed E-state index contributed by atoms with van der Waals surface area (Å²) in [5.74, 6) is 1.45. The van der Waals surface area contributed by atoms with Gasteiger partial charge in [0.15, 0.2) is 11.6 Å². The molecule has 0 radical (unpaired) electrons. The van der Waals surface area contributed by atoms with Gasteiger partial charge in [-0.15, -0.1) is 0 Å². The Morgan fingerprint density at radius 1 is 0.379 bits per heavy atom. The third-order valence-electron chi connectivity index (χ3n) is 10.5. The van der Waals surface area contributed by atoms with Gasteiger partial charge in [-0.2, -0.15) is 0 Å². The molecule has 0 bridgehead atoms. The lowest BCUT2D eigenvalue weighted by molar-refractivity contribution is 0.00578. The Balaban J connectivity index is 0.000000168. The quantitative estimate of drug-likeness (QED) is 0.149. The van der Waals surface area contributed by atoms with Crippen LogP contribution in [0, 0.1) is 0 Å². The van der Waals surface area contributed by atoms with Gasteiger partial charge in [-0.25, -0.2) is 19.9 Å². The fourth-order valence-corrected chi connectivity index (χ4v) is 6.81. The Morgan fingerprint density at radius 2 is 0.672 bits per heavy atom. The molecule has 9 rings (SSSR count). The van der Waals surface area contributed by atoms with Crippen LogP contribution in [0.3, 0.4) is 0 Å².